The molecule has 22 heavy (non-hydrogen) atoms. The molecule has 0 amide bonds. The van der Waals surface area contributed by atoms with Gasteiger partial charge in [0.15, 0.2) is 12.7 Å². The van der Waals surface area contributed by atoms with Crippen molar-refractivity contribution in [2.24, 2.45) is 4.99 Å². The average Bonchev–Trinajstić information content (AvgIpc) is 3.04. The van der Waals surface area contributed by atoms with Gasteiger partial charge in [0.25, 0.3) is 5.84 Å². The van der Waals surface area contributed by atoms with Gasteiger partial charge >= 0.3 is 6.16 Å². The Morgan fingerprint density at radius 1 is 1.45 bits per heavy atom. The fourth-order valence-corrected chi connectivity index (χ4v) is 2.95. The molecular formula is C15H13N4O3+. The standard InChI is InChI=1S/C15H12N4O3/c1-10-2-3-12-13(6-10)18-9-16-7-11(18)8-19(22-15(20)21)5-4-17-14(12)19/h2-7,9H,8H2,1H3/p+1. The third kappa shape index (κ3) is 1.69. The van der Waals surface area contributed by atoms with E-state index in [0.717, 1.165) is 22.5 Å². The van der Waals surface area contributed by atoms with E-state index in [0.29, 0.717) is 12.4 Å². The highest BCUT2D eigenvalue weighted by Crippen LogP contribution is 2.34. The van der Waals surface area contributed by atoms with Gasteiger partial charge in [0, 0.05) is 0 Å². The lowest BCUT2D eigenvalue weighted by Crippen LogP contribution is -2.46. The minimum absolute atomic E-state index is 0.301. The number of benzene rings is 1. The molecule has 7 nitrogen and oxygen atoms in total. The summed E-state index contributed by atoms with van der Waals surface area (Å²) in [7, 11) is 0. The van der Waals surface area contributed by atoms with Gasteiger partial charge in [-0.2, -0.15) is 9.79 Å². The minimum atomic E-state index is -1.35. The van der Waals surface area contributed by atoms with E-state index in [1.807, 2.05) is 29.7 Å². The van der Waals surface area contributed by atoms with E-state index >= 15 is 0 Å². The van der Waals surface area contributed by atoms with Crippen LogP contribution in [0.25, 0.3) is 5.69 Å². The molecule has 1 unspecified atom stereocenters. The van der Waals surface area contributed by atoms with Crippen LogP contribution in [0.1, 0.15) is 16.8 Å². The summed E-state index contributed by atoms with van der Waals surface area (Å²) < 4.78 is 1.64. The molecule has 0 radical (unpaired) electrons. The smallest absolute Gasteiger partial charge is 0.446 e. The summed E-state index contributed by atoms with van der Waals surface area (Å²) in [4.78, 5) is 24.9. The van der Waals surface area contributed by atoms with E-state index in [1.54, 1.807) is 24.9 Å². The van der Waals surface area contributed by atoms with Gasteiger partial charge in [0.2, 0.25) is 0 Å². The molecule has 110 valence electrons. The fraction of sp³-hybridized carbons (Fsp3) is 0.133. The zero-order valence-corrected chi connectivity index (χ0v) is 11.8. The third-order valence-electron chi connectivity index (χ3n) is 3.87. The van der Waals surface area contributed by atoms with E-state index in [2.05, 4.69) is 9.98 Å². The summed E-state index contributed by atoms with van der Waals surface area (Å²) in [6.45, 7) is 2.31. The number of nitrogens with zero attached hydrogens (tertiary/aromatic N) is 4. The van der Waals surface area contributed by atoms with Crippen molar-refractivity contribution in [3.63, 3.8) is 0 Å². The molecule has 4 rings (SSSR count). The highest BCUT2D eigenvalue weighted by molar-refractivity contribution is 5.99. The number of imidazole rings is 1. The van der Waals surface area contributed by atoms with Gasteiger partial charge in [-0.15, -0.1) is 0 Å². The second kappa shape index (κ2) is 4.28. The van der Waals surface area contributed by atoms with E-state index < -0.39 is 6.16 Å². The molecule has 1 atom stereocenters. The largest absolute Gasteiger partial charge is 0.557 e. The molecule has 0 aliphatic carbocycles. The first-order chi connectivity index (χ1) is 10.6. The van der Waals surface area contributed by atoms with E-state index in [1.165, 1.54) is 0 Å². The summed E-state index contributed by atoms with van der Waals surface area (Å²) in [5.41, 5.74) is 3.70. The molecule has 0 saturated carbocycles. The summed E-state index contributed by atoms with van der Waals surface area (Å²) in [5.74, 6) is 0.557. The maximum atomic E-state index is 11.2. The van der Waals surface area contributed by atoms with Gasteiger partial charge in [0.1, 0.15) is 5.69 Å². The molecule has 2 aromatic rings. The number of hydrogen-bond acceptors (Lipinski definition) is 4. The summed E-state index contributed by atoms with van der Waals surface area (Å²) >= 11 is 0. The molecule has 0 saturated heterocycles. The molecular weight excluding hydrogens is 284 g/mol. The van der Waals surface area contributed by atoms with Crippen LogP contribution in [0.5, 0.6) is 0 Å². The molecule has 0 spiro atoms. The maximum absolute atomic E-state index is 11.2. The fourth-order valence-electron chi connectivity index (χ4n) is 2.95. The zero-order valence-electron chi connectivity index (χ0n) is 11.8. The van der Waals surface area contributed by atoms with Crippen molar-refractivity contribution in [2.45, 2.75) is 13.5 Å². The van der Waals surface area contributed by atoms with Crippen molar-refractivity contribution < 1.29 is 19.4 Å². The van der Waals surface area contributed by atoms with Gasteiger partial charge < -0.3 is 5.11 Å². The van der Waals surface area contributed by atoms with Gasteiger partial charge in [-0.1, -0.05) is 6.07 Å². The molecule has 0 bridgehead atoms. The van der Waals surface area contributed by atoms with Crippen molar-refractivity contribution in [2.75, 3.05) is 0 Å². The molecule has 7 heteroatoms. The summed E-state index contributed by atoms with van der Waals surface area (Å²) in [5, 5.41) is 9.14. The van der Waals surface area contributed by atoms with Crippen LogP contribution in [0.4, 0.5) is 4.79 Å². The number of aryl methyl sites for hydroxylation is 1. The Hall–Kier alpha value is -2.93. The number of hydroxylamine groups is 3. The van der Waals surface area contributed by atoms with Crippen LogP contribution in [0.2, 0.25) is 0 Å². The normalized spacial score (nSPS) is 21.4. The van der Waals surface area contributed by atoms with Crippen LogP contribution in [0.3, 0.4) is 0 Å². The monoisotopic (exact) mass is 297 g/mol. The Balaban J connectivity index is 2.01. The number of carbonyl (C=O) groups is 1. The number of fused-ring (bicyclic) bond motifs is 5. The first-order valence-corrected chi connectivity index (χ1v) is 6.78. The molecule has 1 aromatic carbocycles. The lowest BCUT2D eigenvalue weighted by molar-refractivity contribution is -0.986. The number of aromatic nitrogens is 2. The van der Waals surface area contributed by atoms with E-state index in [-0.39, 0.29) is 4.65 Å². The van der Waals surface area contributed by atoms with Crippen molar-refractivity contribution in [1.82, 2.24) is 9.55 Å². The Kier molecular flexibility index (Phi) is 2.49. The lowest BCUT2D eigenvalue weighted by Gasteiger charge is -2.25. The SMILES string of the molecule is Cc1ccc2c(c1)-n1cncc1C[N+]1(OC(=O)O)C=CN=C21. The number of rotatable bonds is 1. The first kappa shape index (κ1) is 12.8. The lowest BCUT2D eigenvalue weighted by atomic mass is 10.1. The maximum Gasteiger partial charge on any atom is 0.557 e. The van der Waals surface area contributed by atoms with Gasteiger partial charge in [0.05, 0.1) is 30.0 Å². The van der Waals surface area contributed by atoms with Crippen LogP contribution in [0, 0.1) is 6.92 Å². The van der Waals surface area contributed by atoms with Crippen LogP contribution >= 0.6 is 0 Å². The predicted molar refractivity (Wildman–Crippen MR) is 77.1 cm³/mol. The van der Waals surface area contributed by atoms with Crippen molar-refractivity contribution >= 4 is 12.0 Å². The predicted octanol–water partition coefficient (Wildman–Crippen LogP) is 2.35. The van der Waals surface area contributed by atoms with Crippen molar-refractivity contribution in [3.8, 4) is 5.69 Å². The van der Waals surface area contributed by atoms with Gasteiger partial charge in [-0.25, -0.2) is 9.82 Å². The quantitative estimate of drug-likeness (QED) is 0.820. The number of carboxylic acid groups (broad SMARTS) is 1. The Labute approximate surface area is 126 Å². The summed E-state index contributed by atoms with van der Waals surface area (Å²) in [6.07, 6.45) is 5.30. The Morgan fingerprint density at radius 2 is 2.32 bits per heavy atom. The molecule has 0 fully saturated rings. The third-order valence-corrected chi connectivity index (χ3v) is 3.87. The number of aliphatic imine (C=N–C) groups is 1. The second-order valence-electron chi connectivity index (χ2n) is 5.34. The first-order valence-electron chi connectivity index (χ1n) is 6.78. The van der Waals surface area contributed by atoms with Gasteiger partial charge in [-0.3, -0.25) is 4.57 Å². The Morgan fingerprint density at radius 3 is 3.14 bits per heavy atom. The number of quaternary nitrogens is 1. The van der Waals surface area contributed by atoms with Crippen molar-refractivity contribution in [1.29, 1.82) is 0 Å². The molecule has 1 aromatic heterocycles. The van der Waals surface area contributed by atoms with E-state index in [9.17, 15) is 4.79 Å². The van der Waals surface area contributed by atoms with E-state index in [4.69, 9.17) is 9.94 Å². The molecule has 3 heterocycles. The zero-order chi connectivity index (χ0) is 15.3. The Bertz CT molecular complexity index is 852. The highest BCUT2D eigenvalue weighted by Gasteiger charge is 2.46. The molecule has 1 N–H and O–H groups in total. The topological polar surface area (TPSA) is 76.7 Å². The number of hydrogen-bond donors (Lipinski definition) is 1. The number of amidine groups is 1. The van der Waals surface area contributed by atoms with Crippen LogP contribution in [-0.4, -0.2) is 31.3 Å². The van der Waals surface area contributed by atoms with Crippen LogP contribution in [0.15, 0.2) is 48.1 Å². The minimum Gasteiger partial charge on any atom is -0.446 e. The second-order valence-corrected chi connectivity index (χ2v) is 5.34. The van der Waals surface area contributed by atoms with Crippen LogP contribution < -0.4 is 0 Å². The van der Waals surface area contributed by atoms with Crippen molar-refractivity contribution in [3.05, 3.63) is 59.9 Å². The molecule has 2 aliphatic heterocycles. The van der Waals surface area contributed by atoms with Crippen LogP contribution in [-0.2, 0) is 11.4 Å². The summed E-state index contributed by atoms with van der Waals surface area (Å²) in [6, 6.07) is 5.93. The average molecular weight is 297 g/mol. The molecule has 2 aliphatic rings. The highest BCUT2D eigenvalue weighted by atomic mass is 16.8. The van der Waals surface area contributed by atoms with Gasteiger partial charge in [-0.05, 0) is 29.3 Å².